The number of methoxy groups -OCH3 is 1. The topological polar surface area (TPSA) is 55.8 Å². The zero-order valence-corrected chi connectivity index (χ0v) is 12.4. The molecule has 0 spiro atoms. The van der Waals surface area contributed by atoms with E-state index in [1.165, 1.54) is 6.07 Å². The van der Waals surface area contributed by atoms with E-state index in [1.807, 2.05) is 24.3 Å². The molecule has 0 amide bonds. The Hall–Kier alpha value is -2.01. The van der Waals surface area contributed by atoms with Crippen molar-refractivity contribution >= 4 is 21.9 Å². The Kier molecular flexibility index (Phi) is 4.63. The lowest BCUT2D eigenvalue weighted by atomic mass is 10.1. The van der Waals surface area contributed by atoms with Crippen molar-refractivity contribution < 1.29 is 19.4 Å². The van der Waals surface area contributed by atoms with Crippen LogP contribution in [-0.4, -0.2) is 18.2 Å². The fourth-order valence-electron chi connectivity index (χ4n) is 1.74. The number of rotatable bonds is 5. The van der Waals surface area contributed by atoms with Gasteiger partial charge in [0.15, 0.2) is 0 Å². The molecule has 0 unspecified atom stereocenters. The number of carboxylic acids is 1. The molecule has 0 heterocycles. The molecule has 0 aliphatic rings. The lowest BCUT2D eigenvalue weighted by molar-refractivity contribution is 0.0696. The van der Waals surface area contributed by atoms with E-state index in [9.17, 15) is 4.79 Å². The molecule has 2 aromatic carbocycles. The van der Waals surface area contributed by atoms with Crippen molar-refractivity contribution in [3.05, 3.63) is 58.1 Å². The van der Waals surface area contributed by atoms with Crippen molar-refractivity contribution in [1.29, 1.82) is 0 Å². The number of hydrogen-bond donors (Lipinski definition) is 1. The molecule has 104 valence electrons. The minimum Gasteiger partial charge on any atom is -0.496 e. The zero-order valence-electron chi connectivity index (χ0n) is 10.8. The first-order chi connectivity index (χ1) is 9.60. The number of carbonyl (C=O) groups is 1. The Morgan fingerprint density at radius 2 is 2.05 bits per heavy atom. The summed E-state index contributed by atoms with van der Waals surface area (Å²) in [5.74, 6) is 0.323. The van der Waals surface area contributed by atoms with Crippen LogP contribution in [0.3, 0.4) is 0 Å². The molecule has 0 aliphatic carbocycles. The highest BCUT2D eigenvalue weighted by Crippen LogP contribution is 2.23. The van der Waals surface area contributed by atoms with Crippen LogP contribution >= 0.6 is 15.9 Å². The van der Waals surface area contributed by atoms with Gasteiger partial charge in [-0.3, -0.25) is 0 Å². The molecule has 0 saturated carbocycles. The lowest BCUT2D eigenvalue weighted by Crippen LogP contribution is -2.03. The summed E-state index contributed by atoms with van der Waals surface area (Å²) >= 11 is 3.36. The third kappa shape index (κ3) is 3.51. The smallest absolute Gasteiger partial charge is 0.335 e. The molecule has 0 saturated heterocycles. The van der Waals surface area contributed by atoms with Crippen LogP contribution in [0.15, 0.2) is 46.9 Å². The van der Waals surface area contributed by atoms with Gasteiger partial charge in [-0.05, 0) is 36.4 Å². The summed E-state index contributed by atoms with van der Waals surface area (Å²) in [6.45, 7) is 0.237. The third-order valence-corrected chi connectivity index (χ3v) is 3.21. The van der Waals surface area contributed by atoms with Gasteiger partial charge in [0.2, 0.25) is 0 Å². The van der Waals surface area contributed by atoms with Crippen molar-refractivity contribution in [2.24, 2.45) is 0 Å². The third-order valence-electron chi connectivity index (χ3n) is 2.72. The van der Waals surface area contributed by atoms with Crippen LogP contribution < -0.4 is 9.47 Å². The second-order valence-electron chi connectivity index (χ2n) is 4.08. The molecule has 5 heteroatoms. The SMILES string of the molecule is COc1ccc(C(=O)O)cc1COc1cccc(Br)c1. The number of benzene rings is 2. The normalized spacial score (nSPS) is 10.1. The Labute approximate surface area is 125 Å². The predicted molar refractivity (Wildman–Crippen MR) is 78.4 cm³/mol. The predicted octanol–water partition coefficient (Wildman–Crippen LogP) is 3.73. The minimum absolute atomic E-state index is 0.207. The molecule has 0 radical (unpaired) electrons. The molecule has 1 N–H and O–H groups in total. The maximum Gasteiger partial charge on any atom is 0.335 e. The number of halogens is 1. The van der Waals surface area contributed by atoms with Crippen LogP contribution in [0, 0.1) is 0 Å². The molecule has 2 rings (SSSR count). The Morgan fingerprint density at radius 1 is 1.25 bits per heavy atom. The van der Waals surface area contributed by atoms with Gasteiger partial charge in [0.05, 0.1) is 12.7 Å². The number of ether oxygens (including phenoxy) is 2. The molecule has 20 heavy (non-hydrogen) atoms. The first-order valence-electron chi connectivity index (χ1n) is 5.88. The fraction of sp³-hybridized carbons (Fsp3) is 0.133. The van der Waals surface area contributed by atoms with Crippen LogP contribution in [0.2, 0.25) is 0 Å². The second kappa shape index (κ2) is 6.43. The van der Waals surface area contributed by atoms with E-state index < -0.39 is 5.97 Å². The molecule has 0 atom stereocenters. The van der Waals surface area contributed by atoms with Crippen LogP contribution in [0.1, 0.15) is 15.9 Å². The number of carboxylic acid groups (broad SMARTS) is 1. The average Bonchev–Trinajstić information content (AvgIpc) is 2.44. The van der Waals surface area contributed by atoms with Gasteiger partial charge in [-0.15, -0.1) is 0 Å². The Bertz CT molecular complexity index is 625. The highest BCUT2D eigenvalue weighted by atomic mass is 79.9. The van der Waals surface area contributed by atoms with Gasteiger partial charge in [-0.1, -0.05) is 22.0 Å². The van der Waals surface area contributed by atoms with Gasteiger partial charge >= 0.3 is 5.97 Å². The van der Waals surface area contributed by atoms with E-state index in [4.69, 9.17) is 14.6 Å². The minimum atomic E-state index is -0.976. The monoisotopic (exact) mass is 336 g/mol. The molecule has 0 aromatic heterocycles. The van der Waals surface area contributed by atoms with Crippen LogP contribution in [0.5, 0.6) is 11.5 Å². The highest BCUT2D eigenvalue weighted by Gasteiger charge is 2.09. The van der Waals surface area contributed by atoms with E-state index in [0.29, 0.717) is 17.1 Å². The largest absolute Gasteiger partial charge is 0.496 e. The van der Waals surface area contributed by atoms with Crippen LogP contribution in [-0.2, 0) is 6.61 Å². The molecule has 0 fully saturated rings. The van der Waals surface area contributed by atoms with E-state index in [-0.39, 0.29) is 12.2 Å². The van der Waals surface area contributed by atoms with Crippen molar-refractivity contribution in [2.45, 2.75) is 6.61 Å². The fourth-order valence-corrected chi connectivity index (χ4v) is 2.12. The standard InChI is InChI=1S/C15H13BrO4/c1-19-14-6-5-10(15(17)18)7-11(14)9-20-13-4-2-3-12(16)8-13/h2-8H,9H2,1H3,(H,17,18). The Morgan fingerprint density at radius 3 is 2.70 bits per heavy atom. The van der Waals surface area contributed by atoms with Crippen LogP contribution in [0.4, 0.5) is 0 Å². The summed E-state index contributed by atoms with van der Waals surface area (Å²) in [7, 11) is 1.54. The molecular weight excluding hydrogens is 324 g/mol. The van der Waals surface area contributed by atoms with Crippen molar-refractivity contribution in [3.8, 4) is 11.5 Å². The van der Waals surface area contributed by atoms with Gasteiger partial charge in [0.1, 0.15) is 18.1 Å². The highest BCUT2D eigenvalue weighted by molar-refractivity contribution is 9.10. The average molecular weight is 337 g/mol. The van der Waals surface area contributed by atoms with E-state index >= 15 is 0 Å². The summed E-state index contributed by atoms with van der Waals surface area (Å²) in [6, 6.07) is 12.1. The first-order valence-corrected chi connectivity index (χ1v) is 6.68. The quantitative estimate of drug-likeness (QED) is 0.903. The molecule has 2 aromatic rings. The van der Waals surface area contributed by atoms with Gasteiger partial charge < -0.3 is 14.6 Å². The number of aromatic carboxylic acids is 1. The van der Waals surface area contributed by atoms with E-state index in [0.717, 1.165) is 4.47 Å². The maximum atomic E-state index is 11.0. The molecule has 4 nitrogen and oxygen atoms in total. The molecular formula is C15H13BrO4. The van der Waals surface area contributed by atoms with Gasteiger partial charge in [0.25, 0.3) is 0 Å². The summed E-state index contributed by atoms with van der Waals surface area (Å²) < 4.78 is 11.8. The molecule has 0 bridgehead atoms. The number of hydrogen-bond acceptors (Lipinski definition) is 3. The van der Waals surface area contributed by atoms with E-state index in [2.05, 4.69) is 15.9 Å². The summed E-state index contributed by atoms with van der Waals surface area (Å²) in [4.78, 5) is 11.0. The van der Waals surface area contributed by atoms with Crippen molar-refractivity contribution in [2.75, 3.05) is 7.11 Å². The van der Waals surface area contributed by atoms with Gasteiger partial charge in [-0.25, -0.2) is 4.79 Å². The van der Waals surface area contributed by atoms with Crippen LogP contribution in [0.25, 0.3) is 0 Å². The Balaban J connectivity index is 2.19. The summed E-state index contributed by atoms with van der Waals surface area (Å²) in [5, 5.41) is 9.01. The maximum absolute atomic E-state index is 11.0. The second-order valence-corrected chi connectivity index (χ2v) is 4.99. The molecule has 0 aliphatic heterocycles. The van der Waals surface area contributed by atoms with Crippen molar-refractivity contribution in [1.82, 2.24) is 0 Å². The van der Waals surface area contributed by atoms with Gasteiger partial charge in [-0.2, -0.15) is 0 Å². The lowest BCUT2D eigenvalue weighted by Gasteiger charge is -2.11. The first kappa shape index (κ1) is 14.4. The summed E-state index contributed by atoms with van der Waals surface area (Å²) in [6.07, 6.45) is 0. The summed E-state index contributed by atoms with van der Waals surface area (Å²) in [5.41, 5.74) is 0.894. The zero-order chi connectivity index (χ0) is 14.5. The van der Waals surface area contributed by atoms with E-state index in [1.54, 1.807) is 19.2 Å². The van der Waals surface area contributed by atoms with Gasteiger partial charge in [0, 0.05) is 10.0 Å². The van der Waals surface area contributed by atoms with Crippen molar-refractivity contribution in [3.63, 3.8) is 0 Å².